The van der Waals surface area contributed by atoms with Crippen LogP contribution >= 0.6 is 11.3 Å². The number of benzene rings is 1. The fourth-order valence-electron chi connectivity index (χ4n) is 2.23. The molecule has 0 fully saturated rings. The van der Waals surface area contributed by atoms with Crippen LogP contribution in [0.5, 0.6) is 0 Å². The summed E-state index contributed by atoms with van der Waals surface area (Å²) in [5.74, 6) is 0.598. The number of furan rings is 1. The average molecular weight is 391 g/mol. The van der Waals surface area contributed by atoms with Gasteiger partial charge in [0.2, 0.25) is 10.0 Å². The largest absolute Gasteiger partial charge is 0.456 e. The standard InChI is InChI=1S/C17H17N3O4S2/c1-10-8-15(24-11(10)2)16(21)19-17-18-14(9-25-17)12-4-6-13(7-5-12)20-26(3,22)23/h4-9,20H,1-3H3,(H,18,19,21). The summed E-state index contributed by atoms with van der Waals surface area (Å²) in [7, 11) is -3.31. The van der Waals surface area contributed by atoms with Crippen LogP contribution in [0, 0.1) is 13.8 Å². The zero-order valence-electron chi connectivity index (χ0n) is 14.4. The van der Waals surface area contributed by atoms with Crippen molar-refractivity contribution in [1.29, 1.82) is 0 Å². The van der Waals surface area contributed by atoms with E-state index in [1.165, 1.54) is 11.3 Å². The van der Waals surface area contributed by atoms with Crippen LogP contribution in [0.3, 0.4) is 0 Å². The van der Waals surface area contributed by atoms with Crippen molar-refractivity contribution in [3.63, 3.8) is 0 Å². The van der Waals surface area contributed by atoms with E-state index in [2.05, 4.69) is 15.0 Å². The van der Waals surface area contributed by atoms with E-state index in [-0.39, 0.29) is 11.7 Å². The van der Waals surface area contributed by atoms with Gasteiger partial charge in [0.25, 0.3) is 5.91 Å². The molecule has 0 radical (unpaired) electrons. The molecule has 0 atom stereocenters. The quantitative estimate of drug-likeness (QED) is 0.691. The number of nitrogens with one attached hydrogen (secondary N) is 2. The van der Waals surface area contributed by atoms with E-state index in [0.29, 0.717) is 22.3 Å². The van der Waals surface area contributed by atoms with E-state index in [4.69, 9.17) is 4.42 Å². The molecule has 0 aliphatic rings. The highest BCUT2D eigenvalue weighted by atomic mass is 32.2. The van der Waals surface area contributed by atoms with Gasteiger partial charge < -0.3 is 4.42 Å². The number of hydrogen-bond donors (Lipinski definition) is 2. The van der Waals surface area contributed by atoms with Gasteiger partial charge in [0, 0.05) is 16.6 Å². The predicted octanol–water partition coefficient (Wildman–Crippen LogP) is 3.64. The van der Waals surface area contributed by atoms with E-state index in [0.717, 1.165) is 17.4 Å². The third-order valence-electron chi connectivity index (χ3n) is 3.60. The molecule has 0 spiro atoms. The van der Waals surface area contributed by atoms with Gasteiger partial charge in [0.05, 0.1) is 11.9 Å². The second kappa shape index (κ2) is 6.93. The fraction of sp³-hybridized carbons (Fsp3) is 0.176. The summed E-state index contributed by atoms with van der Waals surface area (Å²) in [6.07, 6.45) is 1.10. The Bertz CT molecular complexity index is 1030. The molecule has 0 aliphatic carbocycles. The number of sulfonamides is 1. The summed E-state index contributed by atoms with van der Waals surface area (Å²) in [5, 5.41) is 4.98. The van der Waals surface area contributed by atoms with Crippen LogP contribution in [-0.2, 0) is 10.0 Å². The lowest BCUT2D eigenvalue weighted by Gasteiger charge is -2.04. The molecule has 0 aliphatic heterocycles. The van der Waals surface area contributed by atoms with Crippen molar-refractivity contribution in [1.82, 2.24) is 4.98 Å². The van der Waals surface area contributed by atoms with Crippen LogP contribution in [0.15, 0.2) is 40.1 Å². The summed E-state index contributed by atoms with van der Waals surface area (Å²) >= 11 is 1.30. The van der Waals surface area contributed by atoms with Crippen LogP contribution in [-0.4, -0.2) is 25.6 Å². The molecular weight excluding hydrogens is 374 g/mol. The minimum absolute atomic E-state index is 0.243. The normalized spacial score (nSPS) is 11.3. The molecule has 9 heteroatoms. The number of anilines is 2. The van der Waals surface area contributed by atoms with Crippen LogP contribution in [0.4, 0.5) is 10.8 Å². The number of thiazole rings is 1. The Morgan fingerprint density at radius 2 is 1.88 bits per heavy atom. The molecule has 2 aromatic heterocycles. The maximum absolute atomic E-state index is 12.2. The summed E-state index contributed by atoms with van der Waals surface area (Å²) < 4.78 is 30.3. The Morgan fingerprint density at radius 1 is 1.19 bits per heavy atom. The highest BCUT2D eigenvalue weighted by Gasteiger charge is 2.15. The first-order chi connectivity index (χ1) is 12.2. The molecule has 3 aromatic rings. The molecule has 136 valence electrons. The Balaban J connectivity index is 1.72. The van der Waals surface area contributed by atoms with Crippen molar-refractivity contribution < 1.29 is 17.6 Å². The molecular formula is C17H17N3O4S2. The minimum Gasteiger partial charge on any atom is -0.456 e. The van der Waals surface area contributed by atoms with E-state index >= 15 is 0 Å². The SMILES string of the molecule is Cc1cc(C(=O)Nc2nc(-c3ccc(NS(C)(=O)=O)cc3)cs2)oc1C. The zero-order chi connectivity index (χ0) is 18.9. The van der Waals surface area contributed by atoms with Crippen molar-refractivity contribution in [3.05, 3.63) is 52.8 Å². The first kappa shape index (κ1) is 18.2. The van der Waals surface area contributed by atoms with Gasteiger partial charge in [0.15, 0.2) is 10.9 Å². The molecule has 0 saturated carbocycles. The monoisotopic (exact) mass is 391 g/mol. The lowest BCUT2D eigenvalue weighted by atomic mass is 10.1. The molecule has 0 bridgehead atoms. The third-order valence-corrected chi connectivity index (χ3v) is 4.96. The number of rotatable bonds is 5. The number of amides is 1. The molecule has 1 amide bonds. The molecule has 2 N–H and O–H groups in total. The van der Waals surface area contributed by atoms with Crippen LogP contribution in [0.2, 0.25) is 0 Å². The van der Waals surface area contributed by atoms with Gasteiger partial charge in [-0.1, -0.05) is 12.1 Å². The predicted molar refractivity (Wildman–Crippen MR) is 102 cm³/mol. The number of aromatic nitrogens is 1. The number of aryl methyl sites for hydroxylation is 2. The summed E-state index contributed by atoms with van der Waals surface area (Å²) in [5.41, 5.74) is 2.88. The summed E-state index contributed by atoms with van der Waals surface area (Å²) in [6, 6.07) is 8.51. The van der Waals surface area contributed by atoms with Crippen molar-refractivity contribution in [2.75, 3.05) is 16.3 Å². The zero-order valence-corrected chi connectivity index (χ0v) is 16.0. The molecule has 7 nitrogen and oxygen atoms in total. The van der Waals surface area contributed by atoms with Crippen molar-refractivity contribution in [3.8, 4) is 11.3 Å². The van der Waals surface area contributed by atoms with Gasteiger partial charge >= 0.3 is 0 Å². The lowest BCUT2D eigenvalue weighted by Crippen LogP contribution is -2.10. The highest BCUT2D eigenvalue weighted by molar-refractivity contribution is 7.92. The van der Waals surface area contributed by atoms with Gasteiger partial charge in [-0.2, -0.15) is 0 Å². The number of hydrogen-bond acceptors (Lipinski definition) is 6. The number of nitrogens with zero attached hydrogens (tertiary/aromatic N) is 1. The van der Waals surface area contributed by atoms with Crippen molar-refractivity contribution in [2.45, 2.75) is 13.8 Å². The molecule has 26 heavy (non-hydrogen) atoms. The average Bonchev–Trinajstić information content (AvgIpc) is 3.14. The van der Waals surface area contributed by atoms with Crippen LogP contribution < -0.4 is 10.0 Å². The van der Waals surface area contributed by atoms with Crippen molar-refractivity contribution in [2.24, 2.45) is 0 Å². The van der Waals surface area contributed by atoms with Gasteiger partial charge in [0.1, 0.15) is 5.76 Å². The molecule has 2 heterocycles. The minimum atomic E-state index is -3.31. The van der Waals surface area contributed by atoms with Crippen molar-refractivity contribution >= 4 is 38.1 Å². The van der Waals surface area contributed by atoms with E-state index in [1.54, 1.807) is 37.3 Å². The second-order valence-corrected chi connectivity index (χ2v) is 8.40. The van der Waals surface area contributed by atoms with Gasteiger partial charge in [-0.05, 0) is 37.6 Å². The highest BCUT2D eigenvalue weighted by Crippen LogP contribution is 2.26. The molecule has 0 unspecified atom stereocenters. The van der Waals surface area contributed by atoms with Crippen LogP contribution in [0.25, 0.3) is 11.3 Å². The Labute approximate surface area is 155 Å². The van der Waals surface area contributed by atoms with Gasteiger partial charge in [-0.25, -0.2) is 13.4 Å². The summed E-state index contributed by atoms with van der Waals surface area (Å²) in [6.45, 7) is 3.68. The van der Waals surface area contributed by atoms with E-state index in [1.807, 2.05) is 12.3 Å². The topological polar surface area (TPSA) is 101 Å². The maximum Gasteiger partial charge on any atom is 0.293 e. The Morgan fingerprint density at radius 3 is 2.46 bits per heavy atom. The number of carbonyl (C=O) groups excluding carboxylic acids is 1. The Kier molecular flexibility index (Phi) is 4.84. The lowest BCUT2D eigenvalue weighted by molar-refractivity contribution is 0.0995. The molecule has 1 aromatic carbocycles. The second-order valence-electron chi connectivity index (χ2n) is 5.79. The van der Waals surface area contributed by atoms with E-state index in [9.17, 15) is 13.2 Å². The smallest absolute Gasteiger partial charge is 0.293 e. The fourth-order valence-corrected chi connectivity index (χ4v) is 3.51. The Hall–Kier alpha value is -2.65. The maximum atomic E-state index is 12.2. The van der Waals surface area contributed by atoms with Crippen LogP contribution in [0.1, 0.15) is 21.9 Å². The van der Waals surface area contributed by atoms with Gasteiger partial charge in [-0.3, -0.25) is 14.8 Å². The first-order valence-electron chi connectivity index (χ1n) is 7.63. The first-order valence-corrected chi connectivity index (χ1v) is 10.4. The summed E-state index contributed by atoms with van der Waals surface area (Å²) in [4.78, 5) is 16.6. The number of carbonyl (C=O) groups is 1. The van der Waals surface area contributed by atoms with Gasteiger partial charge in [-0.15, -0.1) is 11.3 Å². The third kappa shape index (κ3) is 4.30. The molecule has 3 rings (SSSR count). The van der Waals surface area contributed by atoms with E-state index < -0.39 is 10.0 Å². The molecule has 0 saturated heterocycles.